The van der Waals surface area contributed by atoms with Gasteiger partial charge in [-0.25, -0.2) is 0 Å². The molecule has 0 unspecified atom stereocenters. The summed E-state index contributed by atoms with van der Waals surface area (Å²) in [5.74, 6) is 0.0941. The van der Waals surface area contributed by atoms with Crippen molar-refractivity contribution in [2.24, 2.45) is 5.73 Å². The zero-order valence-corrected chi connectivity index (χ0v) is 11.6. The number of hydrogen-bond donors (Lipinski definition) is 2. The Hall–Kier alpha value is -2.41. The number of hydrogen-bond acceptors (Lipinski definition) is 4. The van der Waals surface area contributed by atoms with Crippen molar-refractivity contribution in [1.82, 2.24) is 9.55 Å². The van der Waals surface area contributed by atoms with E-state index in [9.17, 15) is 9.59 Å². The van der Waals surface area contributed by atoms with Gasteiger partial charge < -0.3 is 15.0 Å². The number of H-pyrrole nitrogens is 1. The molecule has 0 fully saturated rings. The molecule has 0 aliphatic carbocycles. The van der Waals surface area contributed by atoms with E-state index < -0.39 is 5.91 Å². The van der Waals surface area contributed by atoms with Crippen molar-refractivity contribution in [2.75, 3.05) is 7.11 Å². The van der Waals surface area contributed by atoms with Gasteiger partial charge in [-0.3, -0.25) is 14.6 Å². The Bertz CT molecular complexity index is 764. The van der Waals surface area contributed by atoms with Crippen LogP contribution in [0.25, 0.3) is 11.3 Å². The number of benzene rings is 1. The van der Waals surface area contributed by atoms with Gasteiger partial charge in [-0.15, -0.1) is 0 Å². The van der Waals surface area contributed by atoms with Crippen LogP contribution in [-0.4, -0.2) is 22.6 Å². The number of aromatic nitrogens is 2. The monoisotopic (exact) mass is 291 g/mol. The second-order valence-corrected chi connectivity index (χ2v) is 4.50. The molecule has 0 atom stereocenters. The third-order valence-corrected chi connectivity index (χ3v) is 3.04. The van der Waals surface area contributed by atoms with Crippen molar-refractivity contribution >= 4 is 18.1 Å². The van der Waals surface area contributed by atoms with Crippen LogP contribution in [-0.2, 0) is 11.3 Å². The summed E-state index contributed by atoms with van der Waals surface area (Å²) < 4.78 is 6.77. The van der Waals surface area contributed by atoms with Crippen LogP contribution >= 0.6 is 12.2 Å². The third kappa shape index (κ3) is 2.94. The third-order valence-electron chi connectivity index (χ3n) is 2.71. The summed E-state index contributed by atoms with van der Waals surface area (Å²) >= 11 is 5.08. The minimum Gasteiger partial charge on any atom is -0.497 e. The van der Waals surface area contributed by atoms with E-state index in [2.05, 4.69) is 4.98 Å². The average Bonchev–Trinajstić information content (AvgIpc) is 2.41. The van der Waals surface area contributed by atoms with Crippen molar-refractivity contribution < 1.29 is 9.53 Å². The molecule has 1 heterocycles. The van der Waals surface area contributed by atoms with Gasteiger partial charge >= 0.3 is 0 Å². The highest BCUT2D eigenvalue weighted by Crippen LogP contribution is 2.22. The molecule has 1 aromatic carbocycles. The molecule has 0 aliphatic rings. The van der Waals surface area contributed by atoms with E-state index in [1.807, 2.05) is 0 Å². The molecule has 2 aromatic rings. The summed E-state index contributed by atoms with van der Waals surface area (Å²) in [6.45, 7) is -0.109. The Balaban J connectivity index is 2.68. The Morgan fingerprint density at radius 2 is 2.20 bits per heavy atom. The number of nitrogens with one attached hydrogen (secondary N) is 1. The second-order valence-electron chi connectivity index (χ2n) is 4.11. The standard InChI is InChI=1S/C13H13N3O3S/c1-19-9-4-2-3-8(5-9)10-6-12(18)15-13(20)16(10)7-11(14)17/h2-6H,7H2,1H3,(H2,14,17)(H,15,18,20). The van der Waals surface area contributed by atoms with E-state index in [1.54, 1.807) is 31.4 Å². The van der Waals surface area contributed by atoms with Crippen LogP contribution < -0.4 is 16.0 Å². The largest absolute Gasteiger partial charge is 0.497 e. The van der Waals surface area contributed by atoms with E-state index >= 15 is 0 Å². The summed E-state index contributed by atoms with van der Waals surface area (Å²) in [7, 11) is 1.55. The highest BCUT2D eigenvalue weighted by atomic mass is 32.1. The van der Waals surface area contributed by atoms with Gasteiger partial charge in [0, 0.05) is 11.6 Å². The Morgan fingerprint density at radius 3 is 2.85 bits per heavy atom. The van der Waals surface area contributed by atoms with Crippen molar-refractivity contribution in [3.05, 3.63) is 45.5 Å². The van der Waals surface area contributed by atoms with E-state index in [-0.39, 0.29) is 16.9 Å². The summed E-state index contributed by atoms with van der Waals surface area (Å²) in [6.07, 6.45) is 0. The second kappa shape index (κ2) is 5.70. The Kier molecular flexibility index (Phi) is 3.99. The molecule has 1 aromatic heterocycles. The number of methoxy groups -OCH3 is 1. The lowest BCUT2D eigenvalue weighted by Crippen LogP contribution is -2.23. The number of nitrogens with zero attached hydrogens (tertiary/aromatic N) is 1. The Labute approximate surface area is 119 Å². The molecule has 7 heteroatoms. The zero-order valence-electron chi connectivity index (χ0n) is 10.8. The molecule has 2 rings (SSSR count). The molecular formula is C13H13N3O3S. The lowest BCUT2D eigenvalue weighted by Gasteiger charge is -2.12. The summed E-state index contributed by atoms with van der Waals surface area (Å²) in [5.41, 5.74) is 6.09. The maximum Gasteiger partial charge on any atom is 0.252 e. The maximum atomic E-state index is 11.6. The number of carbonyl (C=O) groups excluding carboxylic acids is 1. The number of primary amides is 1. The van der Waals surface area contributed by atoms with Gasteiger partial charge in [0.1, 0.15) is 12.3 Å². The van der Waals surface area contributed by atoms with Gasteiger partial charge in [0.2, 0.25) is 5.91 Å². The van der Waals surface area contributed by atoms with Crippen LogP contribution in [0.1, 0.15) is 0 Å². The van der Waals surface area contributed by atoms with Crippen LogP contribution in [0, 0.1) is 4.77 Å². The number of carbonyl (C=O) groups is 1. The summed E-state index contributed by atoms with van der Waals surface area (Å²) in [5, 5.41) is 0. The lowest BCUT2D eigenvalue weighted by molar-refractivity contribution is -0.118. The van der Waals surface area contributed by atoms with Gasteiger partial charge in [-0.1, -0.05) is 12.1 Å². The highest BCUT2D eigenvalue weighted by Gasteiger charge is 2.09. The minimum atomic E-state index is -0.544. The zero-order chi connectivity index (χ0) is 14.7. The van der Waals surface area contributed by atoms with Gasteiger partial charge in [0.15, 0.2) is 4.77 Å². The van der Waals surface area contributed by atoms with Crippen LogP contribution in [0.5, 0.6) is 5.75 Å². The quantitative estimate of drug-likeness (QED) is 0.824. The van der Waals surface area contributed by atoms with Gasteiger partial charge in [-0.05, 0) is 24.4 Å². The van der Waals surface area contributed by atoms with Crippen molar-refractivity contribution in [3.63, 3.8) is 0 Å². The fourth-order valence-electron chi connectivity index (χ4n) is 1.85. The van der Waals surface area contributed by atoms with E-state index in [0.29, 0.717) is 17.0 Å². The molecule has 0 radical (unpaired) electrons. The molecule has 3 N–H and O–H groups in total. The predicted octanol–water partition coefficient (Wildman–Crippen LogP) is 1.07. The first-order valence-electron chi connectivity index (χ1n) is 5.78. The van der Waals surface area contributed by atoms with Gasteiger partial charge in [-0.2, -0.15) is 0 Å². The van der Waals surface area contributed by atoms with E-state index in [1.165, 1.54) is 10.6 Å². The minimum absolute atomic E-state index is 0.109. The van der Waals surface area contributed by atoms with E-state index in [4.69, 9.17) is 22.7 Å². The molecular weight excluding hydrogens is 278 g/mol. The molecule has 0 saturated heterocycles. The number of nitrogens with two attached hydrogens (primary N) is 1. The van der Waals surface area contributed by atoms with Crippen LogP contribution in [0.4, 0.5) is 0 Å². The molecule has 0 bridgehead atoms. The fraction of sp³-hybridized carbons (Fsp3) is 0.154. The van der Waals surface area contributed by atoms with Crippen LogP contribution in [0.3, 0.4) is 0 Å². The first-order valence-corrected chi connectivity index (χ1v) is 6.19. The molecule has 0 saturated carbocycles. The van der Waals surface area contributed by atoms with Gasteiger partial charge in [0.25, 0.3) is 5.56 Å². The molecule has 20 heavy (non-hydrogen) atoms. The van der Waals surface area contributed by atoms with Crippen LogP contribution in [0.15, 0.2) is 35.1 Å². The molecule has 0 aliphatic heterocycles. The SMILES string of the molecule is COc1cccc(-c2cc(=O)[nH]c(=S)n2CC(N)=O)c1. The van der Waals surface area contributed by atoms with Crippen molar-refractivity contribution in [2.45, 2.75) is 6.54 Å². The normalized spacial score (nSPS) is 10.2. The van der Waals surface area contributed by atoms with Crippen LogP contribution in [0.2, 0.25) is 0 Å². The fourth-order valence-corrected chi connectivity index (χ4v) is 2.12. The molecule has 6 nitrogen and oxygen atoms in total. The van der Waals surface area contributed by atoms with Crippen molar-refractivity contribution in [3.8, 4) is 17.0 Å². The predicted molar refractivity (Wildman–Crippen MR) is 77.1 cm³/mol. The first kappa shape index (κ1) is 14.0. The van der Waals surface area contributed by atoms with Gasteiger partial charge in [0.05, 0.1) is 12.8 Å². The first-order chi connectivity index (χ1) is 9.51. The summed E-state index contributed by atoms with van der Waals surface area (Å²) in [4.78, 5) is 25.2. The molecule has 104 valence electrons. The Morgan fingerprint density at radius 1 is 1.45 bits per heavy atom. The highest BCUT2D eigenvalue weighted by molar-refractivity contribution is 7.71. The average molecular weight is 291 g/mol. The lowest BCUT2D eigenvalue weighted by atomic mass is 10.1. The summed E-state index contributed by atoms with van der Waals surface area (Å²) in [6, 6.07) is 8.48. The topological polar surface area (TPSA) is 90.1 Å². The van der Waals surface area contributed by atoms with Crippen molar-refractivity contribution in [1.29, 1.82) is 0 Å². The molecule has 0 spiro atoms. The number of amides is 1. The van der Waals surface area contributed by atoms with E-state index in [0.717, 1.165) is 0 Å². The smallest absolute Gasteiger partial charge is 0.252 e. The maximum absolute atomic E-state index is 11.6. The number of ether oxygens (including phenoxy) is 1. The number of aromatic amines is 1. The number of rotatable bonds is 4. The molecule has 1 amide bonds.